The maximum atomic E-state index is 13.5. The molecule has 3 aromatic carbocycles. The maximum Gasteiger partial charge on any atom is 0.341 e. The van der Waals surface area contributed by atoms with Gasteiger partial charge in [-0.15, -0.1) is 0 Å². The number of hydrogen-bond donors (Lipinski definition) is 2. The van der Waals surface area contributed by atoms with Crippen molar-refractivity contribution in [1.82, 2.24) is 0 Å². The Bertz CT molecular complexity index is 1310. The number of carbonyl (C=O) groups excluding carboxylic acids is 2. The summed E-state index contributed by atoms with van der Waals surface area (Å²) in [4.78, 5) is 24.5. The number of nitrogens with one attached hydrogen (secondary N) is 1. The number of ether oxygens (including phenoxy) is 2. The molecule has 0 radical (unpaired) electrons. The fraction of sp³-hybridized carbons (Fsp3) is 0.167. The number of anilines is 2. The minimum atomic E-state index is -4.14. The number of methoxy groups -OCH3 is 2. The molecule has 34 heavy (non-hydrogen) atoms. The highest BCUT2D eigenvalue weighted by atomic mass is 32.2. The third-order valence-corrected chi connectivity index (χ3v) is 6.71. The molecule has 0 heterocycles. The van der Waals surface area contributed by atoms with Crippen LogP contribution in [-0.4, -0.2) is 46.2 Å². The molecule has 0 atom stereocenters. The normalized spacial score (nSPS) is 10.9. The second-order valence-corrected chi connectivity index (χ2v) is 9.13. The number of amides is 1. The van der Waals surface area contributed by atoms with Crippen LogP contribution in [0.2, 0.25) is 0 Å². The molecule has 0 saturated heterocycles. The van der Waals surface area contributed by atoms with E-state index < -0.39 is 34.2 Å². The van der Waals surface area contributed by atoms with Crippen molar-refractivity contribution < 1.29 is 32.6 Å². The number of phenols is 1. The maximum absolute atomic E-state index is 13.5. The van der Waals surface area contributed by atoms with E-state index in [2.05, 4.69) is 10.1 Å². The molecule has 1 amide bonds. The molecule has 0 aliphatic carbocycles. The molecule has 0 aliphatic rings. The lowest BCUT2D eigenvalue weighted by molar-refractivity contribution is -0.114. The fourth-order valence-corrected chi connectivity index (χ4v) is 4.63. The quantitative estimate of drug-likeness (QED) is 0.470. The Labute approximate surface area is 197 Å². The summed E-state index contributed by atoms with van der Waals surface area (Å²) in [5.41, 5.74) is 1.17. The van der Waals surface area contributed by atoms with Gasteiger partial charge in [-0.2, -0.15) is 0 Å². The fourth-order valence-electron chi connectivity index (χ4n) is 3.20. The molecule has 10 heteroatoms. The molecular weight excluding hydrogens is 460 g/mol. The van der Waals surface area contributed by atoms with E-state index in [-0.39, 0.29) is 27.6 Å². The van der Waals surface area contributed by atoms with Crippen molar-refractivity contribution in [2.45, 2.75) is 11.8 Å². The van der Waals surface area contributed by atoms with E-state index in [0.29, 0.717) is 0 Å². The Morgan fingerprint density at radius 2 is 1.68 bits per heavy atom. The van der Waals surface area contributed by atoms with Gasteiger partial charge < -0.3 is 19.9 Å². The highest BCUT2D eigenvalue weighted by Crippen LogP contribution is 2.32. The van der Waals surface area contributed by atoms with E-state index in [4.69, 9.17) is 4.74 Å². The molecule has 0 spiro atoms. The lowest BCUT2D eigenvalue weighted by Crippen LogP contribution is -2.38. The van der Waals surface area contributed by atoms with Crippen LogP contribution in [0.4, 0.5) is 11.4 Å². The highest BCUT2D eigenvalue weighted by Gasteiger charge is 2.29. The van der Waals surface area contributed by atoms with Crippen molar-refractivity contribution in [3.63, 3.8) is 0 Å². The Balaban J connectivity index is 1.94. The summed E-state index contributed by atoms with van der Waals surface area (Å²) < 4.78 is 37.9. The summed E-state index contributed by atoms with van der Waals surface area (Å²) in [6.07, 6.45) is 0. The van der Waals surface area contributed by atoms with Crippen molar-refractivity contribution in [2.24, 2.45) is 0 Å². The van der Waals surface area contributed by atoms with Gasteiger partial charge in [0.1, 0.15) is 23.6 Å². The van der Waals surface area contributed by atoms with Crippen LogP contribution in [0.1, 0.15) is 15.9 Å². The Hall–Kier alpha value is -4.05. The first-order chi connectivity index (χ1) is 16.2. The predicted molar refractivity (Wildman–Crippen MR) is 127 cm³/mol. The van der Waals surface area contributed by atoms with E-state index >= 15 is 0 Å². The van der Waals surface area contributed by atoms with Crippen LogP contribution in [0.25, 0.3) is 0 Å². The standard InChI is InChI=1S/C24H24N2O7S/c1-16-8-11-18(12-9-16)34(30,31)26(20-6-4-5-7-22(20)32-2)15-23(28)25-17-10-13-19(21(27)14-17)24(29)33-3/h4-14,27H,15H2,1-3H3,(H,25,28). The van der Waals surface area contributed by atoms with Gasteiger partial charge in [0.15, 0.2) is 0 Å². The van der Waals surface area contributed by atoms with Crippen molar-refractivity contribution in [3.05, 3.63) is 77.9 Å². The first kappa shape index (κ1) is 24.6. The number of hydrogen-bond acceptors (Lipinski definition) is 7. The molecule has 3 aromatic rings. The molecule has 2 N–H and O–H groups in total. The first-order valence-corrected chi connectivity index (χ1v) is 11.5. The largest absolute Gasteiger partial charge is 0.507 e. The van der Waals surface area contributed by atoms with Gasteiger partial charge in [-0.3, -0.25) is 9.10 Å². The summed E-state index contributed by atoms with van der Waals surface area (Å²) in [6, 6.07) is 16.6. The van der Waals surface area contributed by atoms with Gasteiger partial charge in [0.25, 0.3) is 10.0 Å². The molecule has 0 saturated carbocycles. The van der Waals surface area contributed by atoms with E-state index in [1.165, 1.54) is 50.6 Å². The van der Waals surface area contributed by atoms with Gasteiger partial charge in [0.05, 0.1) is 24.8 Å². The zero-order chi connectivity index (χ0) is 24.9. The first-order valence-electron chi connectivity index (χ1n) is 10.1. The lowest BCUT2D eigenvalue weighted by Gasteiger charge is -2.25. The molecule has 178 valence electrons. The Morgan fingerprint density at radius 3 is 2.29 bits per heavy atom. The van der Waals surface area contributed by atoms with Crippen LogP contribution in [0.3, 0.4) is 0 Å². The van der Waals surface area contributed by atoms with E-state index in [9.17, 15) is 23.1 Å². The van der Waals surface area contributed by atoms with E-state index in [1.807, 2.05) is 6.92 Å². The van der Waals surface area contributed by atoms with Crippen LogP contribution in [0.5, 0.6) is 11.5 Å². The predicted octanol–water partition coefficient (Wildman–Crippen LogP) is 3.33. The number of rotatable bonds is 8. The lowest BCUT2D eigenvalue weighted by atomic mass is 10.2. The second-order valence-electron chi connectivity index (χ2n) is 7.27. The Morgan fingerprint density at radius 1 is 1.00 bits per heavy atom. The monoisotopic (exact) mass is 484 g/mol. The van der Waals surface area contributed by atoms with E-state index in [0.717, 1.165) is 9.87 Å². The number of phenolic OH excluding ortho intramolecular Hbond substituents is 1. The zero-order valence-corrected chi connectivity index (χ0v) is 19.6. The molecular formula is C24H24N2O7S. The molecule has 0 bridgehead atoms. The van der Waals surface area contributed by atoms with E-state index in [1.54, 1.807) is 30.3 Å². The number of carbonyl (C=O) groups is 2. The minimum absolute atomic E-state index is 0.0110. The van der Waals surface area contributed by atoms with Gasteiger partial charge in [0.2, 0.25) is 5.91 Å². The highest BCUT2D eigenvalue weighted by molar-refractivity contribution is 7.92. The minimum Gasteiger partial charge on any atom is -0.507 e. The zero-order valence-electron chi connectivity index (χ0n) is 18.8. The van der Waals surface area contributed by atoms with Crippen molar-refractivity contribution in [2.75, 3.05) is 30.4 Å². The van der Waals surface area contributed by atoms with Gasteiger partial charge in [-0.1, -0.05) is 29.8 Å². The average Bonchev–Trinajstić information content (AvgIpc) is 2.82. The summed E-state index contributed by atoms with van der Waals surface area (Å²) >= 11 is 0. The van der Waals surface area contributed by atoms with Gasteiger partial charge in [-0.05, 0) is 43.3 Å². The summed E-state index contributed by atoms with van der Waals surface area (Å²) in [5.74, 6) is -1.53. The molecule has 0 aromatic heterocycles. The summed E-state index contributed by atoms with van der Waals surface area (Å²) in [7, 11) is -1.56. The summed E-state index contributed by atoms with van der Waals surface area (Å²) in [6.45, 7) is 1.26. The molecule has 0 fully saturated rings. The van der Waals surface area contributed by atoms with Crippen molar-refractivity contribution >= 4 is 33.3 Å². The van der Waals surface area contributed by atoms with Crippen LogP contribution < -0.4 is 14.4 Å². The molecule has 3 rings (SSSR count). The van der Waals surface area contributed by atoms with Crippen LogP contribution in [0, 0.1) is 6.92 Å². The number of benzene rings is 3. The number of sulfonamides is 1. The Kier molecular flexibility index (Phi) is 7.42. The smallest absolute Gasteiger partial charge is 0.341 e. The van der Waals surface area contributed by atoms with Crippen molar-refractivity contribution in [3.8, 4) is 11.5 Å². The second kappa shape index (κ2) is 10.3. The number of esters is 1. The number of aromatic hydroxyl groups is 1. The van der Waals surface area contributed by atoms with Gasteiger partial charge >= 0.3 is 5.97 Å². The van der Waals surface area contributed by atoms with Crippen LogP contribution in [0.15, 0.2) is 71.6 Å². The number of para-hydroxylation sites is 2. The number of nitrogens with zero attached hydrogens (tertiary/aromatic N) is 1. The van der Waals surface area contributed by atoms with Gasteiger partial charge in [0, 0.05) is 11.8 Å². The molecule has 0 unspecified atom stereocenters. The topological polar surface area (TPSA) is 122 Å². The average molecular weight is 485 g/mol. The SMILES string of the molecule is COC(=O)c1ccc(NC(=O)CN(c2ccccc2OC)S(=O)(=O)c2ccc(C)cc2)cc1O. The van der Waals surface area contributed by atoms with Crippen LogP contribution >= 0.6 is 0 Å². The van der Waals surface area contributed by atoms with Gasteiger partial charge in [-0.25, -0.2) is 13.2 Å². The van der Waals surface area contributed by atoms with Crippen molar-refractivity contribution in [1.29, 1.82) is 0 Å². The molecule has 0 aliphatic heterocycles. The third kappa shape index (κ3) is 5.29. The number of aryl methyl sites for hydroxylation is 1. The summed E-state index contributed by atoms with van der Waals surface area (Å²) in [5, 5.41) is 12.6. The third-order valence-electron chi connectivity index (χ3n) is 4.94. The van der Waals surface area contributed by atoms with Crippen LogP contribution in [-0.2, 0) is 19.6 Å². The molecule has 9 nitrogen and oxygen atoms in total.